The molecule has 87 valence electrons. The third-order valence-corrected chi connectivity index (χ3v) is 3.15. The SMILES string of the molecule is [CH2]CCC(N)(c1ccccc1)c1ccccc1. The molecule has 0 aromatic heterocycles. The van der Waals surface area contributed by atoms with E-state index in [1.54, 1.807) is 0 Å². The van der Waals surface area contributed by atoms with E-state index in [0.717, 1.165) is 24.0 Å². The largest absolute Gasteiger partial charge is 0.318 e. The molecule has 0 atom stereocenters. The Morgan fingerprint density at radius 2 is 1.24 bits per heavy atom. The van der Waals surface area contributed by atoms with E-state index in [0.29, 0.717) is 0 Å². The smallest absolute Gasteiger partial charge is 0.0665 e. The zero-order valence-electron chi connectivity index (χ0n) is 9.97. The fraction of sp³-hybridized carbons (Fsp3) is 0.188. The molecule has 0 fully saturated rings. The fourth-order valence-corrected chi connectivity index (χ4v) is 2.21. The summed E-state index contributed by atoms with van der Waals surface area (Å²) in [5, 5.41) is 0. The van der Waals surface area contributed by atoms with Crippen LogP contribution in [0.2, 0.25) is 0 Å². The minimum absolute atomic E-state index is 0.426. The lowest BCUT2D eigenvalue weighted by Crippen LogP contribution is -2.37. The Morgan fingerprint density at radius 3 is 1.59 bits per heavy atom. The van der Waals surface area contributed by atoms with Crippen LogP contribution in [0.1, 0.15) is 24.0 Å². The van der Waals surface area contributed by atoms with Gasteiger partial charge >= 0.3 is 0 Å². The van der Waals surface area contributed by atoms with Crippen LogP contribution >= 0.6 is 0 Å². The minimum atomic E-state index is -0.426. The van der Waals surface area contributed by atoms with Crippen LogP contribution in [0.4, 0.5) is 0 Å². The minimum Gasteiger partial charge on any atom is -0.318 e. The highest BCUT2D eigenvalue weighted by Crippen LogP contribution is 2.31. The maximum absolute atomic E-state index is 6.61. The quantitative estimate of drug-likeness (QED) is 0.845. The number of hydrogen-bond acceptors (Lipinski definition) is 1. The predicted octanol–water partition coefficient (Wildman–Crippen LogP) is 3.50. The molecule has 2 aromatic carbocycles. The summed E-state index contributed by atoms with van der Waals surface area (Å²) >= 11 is 0. The molecule has 0 aliphatic carbocycles. The van der Waals surface area contributed by atoms with E-state index < -0.39 is 5.54 Å². The molecule has 0 bridgehead atoms. The lowest BCUT2D eigenvalue weighted by Gasteiger charge is -2.30. The van der Waals surface area contributed by atoms with E-state index in [4.69, 9.17) is 5.73 Å². The van der Waals surface area contributed by atoms with Gasteiger partial charge in [-0.25, -0.2) is 0 Å². The molecule has 0 aliphatic heterocycles. The van der Waals surface area contributed by atoms with Crippen molar-refractivity contribution in [2.24, 2.45) is 5.73 Å². The Bertz CT molecular complexity index is 408. The molecule has 0 heterocycles. The zero-order valence-corrected chi connectivity index (χ0v) is 9.97. The number of rotatable bonds is 4. The lowest BCUT2D eigenvalue weighted by atomic mass is 9.80. The second kappa shape index (κ2) is 5.15. The highest BCUT2D eigenvalue weighted by Gasteiger charge is 2.27. The van der Waals surface area contributed by atoms with Crippen LogP contribution in [0.5, 0.6) is 0 Å². The Kier molecular flexibility index (Phi) is 3.60. The average molecular weight is 224 g/mol. The molecule has 2 aromatic rings. The van der Waals surface area contributed by atoms with Gasteiger partial charge < -0.3 is 5.73 Å². The zero-order chi connectivity index (χ0) is 12.1. The molecule has 1 radical (unpaired) electrons. The molecule has 17 heavy (non-hydrogen) atoms. The van der Waals surface area contributed by atoms with Crippen LogP contribution in [0.3, 0.4) is 0 Å². The molecule has 0 unspecified atom stereocenters. The highest BCUT2D eigenvalue weighted by atomic mass is 14.7. The first-order valence-corrected chi connectivity index (χ1v) is 5.96. The van der Waals surface area contributed by atoms with E-state index in [1.165, 1.54) is 0 Å². The van der Waals surface area contributed by atoms with Gasteiger partial charge in [-0.3, -0.25) is 0 Å². The summed E-state index contributed by atoms with van der Waals surface area (Å²) in [5.74, 6) is 0. The van der Waals surface area contributed by atoms with Crippen molar-refractivity contribution in [1.82, 2.24) is 0 Å². The Morgan fingerprint density at radius 1 is 0.824 bits per heavy atom. The molecular weight excluding hydrogens is 206 g/mol. The molecule has 0 saturated heterocycles. The monoisotopic (exact) mass is 224 g/mol. The van der Waals surface area contributed by atoms with Crippen LogP contribution in [0.15, 0.2) is 60.7 Å². The maximum Gasteiger partial charge on any atom is 0.0665 e. The Labute approximate surface area is 103 Å². The number of benzene rings is 2. The van der Waals surface area contributed by atoms with Crippen molar-refractivity contribution in [2.45, 2.75) is 18.4 Å². The first kappa shape index (κ1) is 11.9. The molecule has 2 N–H and O–H groups in total. The Hall–Kier alpha value is -1.60. The molecule has 0 aliphatic rings. The standard InChI is InChI=1S/C16H18N/c1-2-13-16(17,14-9-5-3-6-10-14)15-11-7-4-8-12-15/h3-12H,1-2,13,17H2. The van der Waals surface area contributed by atoms with E-state index in [2.05, 4.69) is 31.2 Å². The highest BCUT2D eigenvalue weighted by molar-refractivity contribution is 5.37. The summed E-state index contributed by atoms with van der Waals surface area (Å²) in [6.07, 6.45) is 1.67. The second-order valence-corrected chi connectivity index (χ2v) is 4.31. The third-order valence-electron chi connectivity index (χ3n) is 3.15. The molecular formula is C16H18N. The van der Waals surface area contributed by atoms with Gasteiger partial charge in [-0.2, -0.15) is 0 Å². The summed E-state index contributed by atoms with van der Waals surface area (Å²) < 4.78 is 0. The summed E-state index contributed by atoms with van der Waals surface area (Å²) in [4.78, 5) is 0. The third kappa shape index (κ3) is 2.40. The van der Waals surface area contributed by atoms with Crippen molar-refractivity contribution in [2.75, 3.05) is 0 Å². The predicted molar refractivity (Wildman–Crippen MR) is 72.4 cm³/mol. The van der Waals surface area contributed by atoms with E-state index in [9.17, 15) is 0 Å². The van der Waals surface area contributed by atoms with Crippen molar-refractivity contribution in [3.05, 3.63) is 78.7 Å². The van der Waals surface area contributed by atoms with Crippen LogP contribution in [0, 0.1) is 6.92 Å². The number of nitrogens with two attached hydrogens (primary N) is 1. The van der Waals surface area contributed by atoms with Crippen LogP contribution < -0.4 is 5.73 Å². The topological polar surface area (TPSA) is 26.0 Å². The Balaban J connectivity index is 2.47. The summed E-state index contributed by atoms with van der Waals surface area (Å²) in [5.41, 5.74) is 8.48. The van der Waals surface area contributed by atoms with Crippen molar-refractivity contribution in [1.29, 1.82) is 0 Å². The van der Waals surface area contributed by atoms with Crippen molar-refractivity contribution in [3.63, 3.8) is 0 Å². The maximum atomic E-state index is 6.61. The van der Waals surface area contributed by atoms with E-state index in [-0.39, 0.29) is 0 Å². The van der Waals surface area contributed by atoms with Gasteiger partial charge in [0, 0.05) is 0 Å². The van der Waals surface area contributed by atoms with Crippen molar-refractivity contribution < 1.29 is 0 Å². The molecule has 0 amide bonds. The summed E-state index contributed by atoms with van der Waals surface area (Å²) in [6.45, 7) is 3.94. The second-order valence-electron chi connectivity index (χ2n) is 4.31. The van der Waals surface area contributed by atoms with Gasteiger partial charge in [0.15, 0.2) is 0 Å². The molecule has 0 spiro atoms. The van der Waals surface area contributed by atoms with Crippen LogP contribution in [0.25, 0.3) is 0 Å². The van der Waals surface area contributed by atoms with Crippen molar-refractivity contribution in [3.8, 4) is 0 Å². The van der Waals surface area contributed by atoms with Gasteiger partial charge in [0.1, 0.15) is 0 Å². The fourth-order valence-electron chi connectivity index (χ4n) is 2.21. The molecule has 1 nitrogen and oxygen atoms in total. The van der Waals surface area contributed by atoms with Crippen LogP contribution in [-0.4, -0.2) is 0 Å². The summed E-state index contributed by atoms with van der Waals surface area (Å²) in [7, 11) is 0. The summed E-state index contributed by atoms with van der Waals surface area (Å²) in [6, 6.07) is 20.5. The van der Waals surface area contributed by atoms with Crippen molar-refractivity contribution >= 4 is 0 Å². The van der Waals surface area contributed by atoms with Gasteiger partial charge in [0.2, 0.25) is 0 Å². The molecule has 2 rings (SSSR count). The van der Waals surface area contributed by atoms with Gasteiger partial charge in [-0.15, -0.1) is 0 Å². The van der Waals surface area contributed by atoms with Gasteiger partial charge in [-0.1, -0.05) is 74.0 Å². The first-order valence-electron chi connectivity index (χ1n) is 5.96. The van der Waals surface area contributed by atoms with Gasteiger partial charge in [0.25, 0.3) is 0 Å². The van der Waals surface area contributed by atoms with Gasteiger partial charge in [0.05, 0.1) is 5.54 Å². The average Bonchev–Trinajstić information content (AvgIpc) is 2.41. The molecule has 1 heteroatoms. The van der Waals surface area contributed by atoms with E-state index >= 15 is 0 Å². The van der Waals surface area contributed by atoms with Gasteiger partial charge in [-0.05, 0) is 17.5 Å². The van der Waals surface area contributed by atoms with Crippen LogP contribution in [-0.2, 0) is 5.54 Å². The normalized spacial score (nSPS) is 11.4. The number of hydrogen-bond donors (Lipinski definition) is 1. The lowest BCUT2D eigenvalue weighted by molar-refractivity contribution is 0.496. The van der Waals surface area contributed by atoms with E-state index in [1.807, 2.05) is 36.4 Å². The first-order chi connectivity index (χ1) is 8.27. The molecule has 0 saturated carbocycles.